The molecule has 2 aromatic carbocycles. The van der Waals surface area contributed by atoms with Crippen LogP contribution in [0.5, 0.6) is 5.75 Å². The second kappa shape index (κ2) is 16.5. The van der Waals surface area contributed by atoms with E-state index in [4.69, 9.17) is 9.47 Å². The van der Waals surface area contributed by atoms with Crippen LogP contribution in [0.1, 0.15) is 31.4 Å². The predicted molar refractivity (Wildman–Crippen MR) is 156 cm³/mol. The van der Waals surface area contributed by atoms with Crippen LogP contribution in [-0.2, 0) is 46.3 Å². The summed E-state index contributed by atoms with van der Waals surface area (Å²) in [6, 6.07) is 11.4. The van der Waals surface area contributed by atoms with Gasteiger partial charge in [-0.1, -0.05) is 56.3 Å². The van der Waals surface area contributed by atoms with Crippen LogP contribution in [0.3, 0.4) is 0 Å². The van der Waals surface area contributed by atoms with E-state index in [2.05, 4.69) is 26.6 Å². The van der Waals surface area contributed by atoms with Crippen LogP contribution in [0.2, 0.25) is 0 Å². The summed E-state index contributed by atoms with van der Waals surface area (Å²) in [4.78, 5) is 76.8. The standard InChI is InChI=1S/C30H37N5O9/c1-18(2)12-24-29(41)43-17-44-30(42)35-22(14-20-8-10-21(36)11-9-20)27(39)32-15-25(37)31-16-26(38)33-23(28(40)34-24)13-19-6-4-3-5-7-19/h3-11,18,22-24,36H,12-17H2,1-2H3,(H,31,37)(H,32,39)(H,33,38)(H,34,40)(H,35,42)/t22-,23?,24?/m0/s1. The molecule has 14 nitrogen and oxygen atoms in total. The highest BCUT2D eigenvalue weighted by Crippen LogP contribution is 2.12. The zero-order chi connectivity index (χ0) is 32.1. The summed E-state index contributed by atoms with van der Waals surface area (Å²) in [7, 11) is 0. The summed E-state index contributed by atoms with van der Waals surface area (Å²) >= 11 is 0. The van der Waals surface area contributed by atoms with E-state index in [9.17, 15) is 33.9 Å². The highest BCUT2D eigenvalue weighted by atomic mass is 16.7. The Morgan fingerprint density at radius 3 is 1.98 bits per heavy atom. The smallest absolute Gasteiger partial charge is 0.410 e. The van der Waals surface area contributed by atoms with Gasteiger partial charge >= 0.3 is 12.1 Å². The molecule has 1 fully saturated rings. The number of rotatable bonds is 6. The minimum absolute atomic E-state index is 0.00644. The lowest BCUT2D eigenvalue weighted by Gasteiger charge is -2.24. The van der Waals surface area contributed by atoms with Crippen molar-refractivity contribution in [2.75, 3.05) is 19.9 Å². The van der Waals surface area contributed by atoms with Crippen molar-refractivity contribution in [2.45, 2.75) is 51.2 Å². The Morgan fingerprint density at radius 1 is 0.705 bits per heavy atom. The van der Waals surface area contributed by atoms with E-state index in [1.54, 1.807) is 42.5 Å². The molecule has 0 aromatic heterocycles. The Labute approximate surface area is 254 Å². The number of hydrogen-bond donors (Lipinski definition) is 6. The molecule has 6 N–H and O–H groups in total. The van der Waals surface area contributed by atoms with E-state index in [0.717, 1.165) is 5.56 Å². The zero-order valence-corrected chi connectivity index (χ0v) is 24.5. The van der Waals surface area contributed by atoms with Crippen LogP contribution in [-0.4, -0.2) is 78.8 Å². The van der Waals surface area contributed by atoms with Crippen molar-refractivity contribution < 1.29 is 43.3 Å². The summed E-state index contributed by atoms with van der Waals surface area (Å²) in [5.74, 6) is -3.67. The van der Waals surface area contributed by atoms with Gasteiger partial charge in [0.2, 0.25) is 30.4 Å². The molecule has 14 heteroatoms. The van der Waals surface area contributed by atoms with Crippen LogP contribution in [0, 0.1) is 5.92 Å². The minimum atomic E-state index is -1.22. The lowest BCUT2D eigenvalue weighted by molar-refractivity contribution is -0.156. The van der Waals surface area contributed by atoms with Gasteiger partial charge in [0.05, 0.1) is 13.1 Å². The molecule has 3 atom stereocenters. The van der Waals surface area contributed by atoms with Crippen LogP contribution >= 0.6 is 0 Å². The van der Waals surface area contributed by atoms with Crippen molar-refractivity contribution in [1.82, 2.24) is 26.6 Å². The number of phenols is 1. The number of carbonyl (C=O) groups excluding carboxylic acids is 6. The fourth-order valence-corrected chi connectivity index (χ4v) is 4.30. The van der Waals surface area contributed by atoms with Gasteiger partial charge in [-0.25, -0.2) is 9.59 Å². The third-order valence-electron chi connectivity index (χ3n) is 6.49. The van der Waals surface area contributed by atoms with Gasteiger partial charge in [0.25, 0.3) is 0 Å². The Balaban J connectivity index is 1.80. The second-order valence-corrected chi connectivity index (χ2v) is 10.6. The fourth-order valence-electron chi connectivity index (χ4n) is 4.30. The molecule has 1 aliphatic rings. The highest BCUT2D eigenvalue weighted by Gasteiger charge is 2.29. The maximum atomic E-state index is 13.3. The van der Waals surface area contributed by atoms with Crippen LogP contribution < -0.4 is 26.6 Å². The van der Waals surface area contributed by atoms with Gasteiger partial charge in [0.1, 0.15) is 23.9 Å². The number of esters is 1. The van der Waals surface area contributed by atoms with Crippen molar-refractivity contribution in [3.05, 3.63) is 65.7 Å². The maximum absolute atomic E-state index is 13.3. The van der Waals surface area contributed by atoms with Crippen molar-refractivity contribution >= 4 is 35.7 Å². The molecule has 1 aliphatic heterocycles. The second-order valence-electron chi connectivity index (χ2n) is 10.6. The number of amides is 5. The molecule has 0 radical (unpaired) electrons. The molecule has 236 valence electrons. The van der Waals surface area contributed by atoms with E-state index in [0.29, 0.717) is 5.56 Å². The first-order valence-corrected chi connectivity index (χ1v) is 14.1. The number of aromatic hydroxyl groups is 1. The number of cyclic esters (lactones) is 2. The van der Waals surface area contributed by atoms with E-state index < -0.39 is 73.7 Å². The van der Waals surface area contributed by atoms with E-state index in [1.165, 1.54) is 12.1 Å². The minimum Gasteiger partial charge on any atom is -0.508 e. The topological polar surface area (TPSA) is 201 Å². The summed E-state index contributed by atoms with van der Waals surface area (Å²) in [5, 5.41) is 21.9. The molecule has 0 bridgehead atoms. The molecule has 5 amide bonds. The number of phenolic OH excluding ortho intramolecular Hbond substituents is 1. The normalized spacial score (nSPS) is 21.2. The SMILES string of the molecule is CC(C)CC1NC(=O)C(Cc2ccccc2)NC(=O)CNC(=O)CNC(=O)[C@H](Cc2ccc(O)cc2)NC(=O)OCOC1=O. The van der Waals surface area contributed by atoms with Crippen LogP contribution in [0.15, 0.2) is 54.6 Å². The molecule has 0 aliphatic carbocycles. The summed E-state index contributed by atoms with van der Waals surface area (Å²) in [6.07, 6.45) is -0.831. The molecule has 0 spiro atoms. The van der Waals surface area contributed by atoms with E-state index in [-0.39, 0.29) is 30.9 Å². The van der Waals surface area contributed by atoms with Gasteiger partial charge in [-0.3, -0.25) is 19.2 Å². The number of alkyl carbamates (subject to hydrolysis) is 1. The quantitative estimate of drug-likeness (QED) is 0.244. The lowest BCUT2D eigenvalue weighted by atomic mass is 10.0. The summed E-state index contributed by atoms with van der Waals surface area (Å²) in [6.45, 7) is 1.85. The van der Waals surface area contributed by atoms with Crippen LogP contribution in [0.25, 0.3) is 0 Å². The highest BCUT2D eigenvalue weighted by molar-refractivity contribution is 5.93. The molecule has 1 heterocycles. The predicted octanol–water partition coefficient (Wildman–Crippen LogP) is 0.0346. The number of nitrogens with one attached hydrogen (secondary N) is 5. The third kappa shape index (κ3) is 11.3. The van der Waals surface area contributed by atoms with Crippen molar-refractivity contribution in [3.63, 3.8) is 0 Å². The Kier molecular flexibility index (Phi) is 12.5. The number of benzene rings is 2. The van der Waals surface area contributed by atoms with Crippen molar-refractivity contribution in [1.29, 1.82) is 0 Å². The molecule has 2 unspecified atom stereocenters. The monoisotopic (exact) mass is 611 g/mol. The summed E-state index contributed by atoms with van der Waals surface area (Å²) in [5.41, 5.74) is 1.31. The van der Waals surface area contributed by atoms with Gasteiger partial charge in [0.15, 0.2) is 0 Å². The molecule has 44 heavy (non-hydrogen) atoms. The third-order valence-corrected chi connectivity index (χ3v) is 6.49. The lowest BCUT2D eigenvalue weighted by Crippen LogP contribution is -2.54. The van der Waals surface area contributed by atoms with Gasteiger partial charge in [-0.2, -0.15) is 0 Å². The molecule has 3 rings (SSSR count). The summed E-state index contributed by atoms with van der Waals surface area (Å²) < 4.78 is 10.1. The van der Waals surface area contributed by atoms with E-state index >= 15 is 0 Å². The average molecular weight is 612 g/mol. The average Bonchev–Trinajstić information content (AvgIpc) is 2.98. The number of carbonyl (C=O) groups is 6. The van der Waals surface area contributed by atoms with Crippen LogP contribution in [0.4, 0.5) is 4.79 Å². The Bertz CT molecular complexity index is 1320. The fraction of sp³-hybridized carbons (Fsp3) is 0.400. The molecular weight excluding hydrogens is 574 g/mol. The first-order chi connectivity index (χ1) is 21.0. The van der Waals surface area contributed by atoms with Gasteiger partial charge in [-0.15, -0.1) is 0 Å². The van der Waals surface area contributed by atoms with Gasteiger partial charge < -0.3 is 41.2 Å². The Morgan fingerprint density at radius 2 is 1.32 bits per heavy atom. The maximum Gasteiger partial charge on any atom is 0.410 e. The molecular formula is C30H37N5O9. The number of hydrogen-bond acceptors (Lipinski definition) is 9. The first kappa shape index (κ1) is 33.4. The van der Waals surface area contributed by atoms with Crippen molar-refractivity contribution in [3.8, 4) is 5.75 Å². The van der Waals surface area contributed by atoms with Gasteiger partial charge in [0, 0.05) is 12.8 Å². The van der Waals surface area contributed by atoms with E-state index in [1.807, 2.05) is 13.8 Å². The molecule has 0 saturated carbocycles. The zero-order valence-electron chi connectivity index (χ0n) is 24.5. The first-order valence-electron chi connectivity index (χ1n) is 14.1. The largest absolute Gasteiger partial charge is 0.508 e. The Hall–Kier alpha value is -5.14. The molecule has 1 saturated heterocycles. The molecule has 2 aromatic rings. The van der Waals surface area contributed by atoms with Gasteiger partial charge in [-0.05, 0) is 35.6 Å². The van der Waals surface area contributed by atoms with Crippen molar-refractivity contribution in [2.24, 2.45) is 5.92 Å². The number of ether oxygens (including phenoxy) is 2.